The second-order valence-electron chi connectivity index (χ2n) is 4.34. The van der Waals surface area contributed by atoms with Crippen LogP contribution in [0, 0.1) is 0 Å². The summed E-state index contributed by atoms with van der Waals surface area (Å²) in [6.45, 7) is 0.483. The minimum absolute atomic E-state index is 0.288. The third kappa shape index (κ3) is 2.37. The molecule has 0 amide bonds. The van der Waals surface area contributed by atoms with Gasteiger partial charge in [-0.2, -0.15) is 5.10 Å². The molecule has 0 spiro atoms. The molecule has 2 heterocycles. The number of aromatic nitrogens is 5. The quantitative estimate of drug-likeness (QED) is 0.693. The van der Waals surface area contributed by atoms with Gasteiger partial charge in [-0.25, -0.2) is 9.97 Å². The SMILES string of the molecule is Cn1cnc(Cn2c(CCl)nc3cc(Cl)c(Cl)cc32)n1. The summed E-state index contributed by atoms with van der Waals surface area (Å²) in [7, 11) is 1.82. The van der Waals surface area contributed by atoms with Crippen molar-refractivity contribution in [2.45, 2.75) is 12.4 Å². The maximum absolute atomic E-state index is 6.08. The van der Waals surface area contributed by atoms with Crippen LogP contribution >= 0.6 is 34.8 Å². The first kappa shape index (κ1) is 13.7. The van der Waals surface area contributed by atoms with Gasteiger partial charge in [-0.3, -0.25) is 4.68 Å². The Morgan fingerprint density at radius 3 is 2.60 bits per heavy atom. The monoisotopic (exact) mass is 329 g/mol. The first-order valence-corrected chi connectivity index (χ1v) is 7.12. The molecule has 2 aromatic heterocycles. The van der Waals surface area contributed by atoms with E-state index in [0.717, 1.165) is 16.9 Å². The molecule has 3 aromatic rings. The second kappa shape index (κ2) is 5.24. The summed E-state index contributed by atoms with van der Waals surface area (Å²) < 4.78 is 3.60. The standard InChI is InChI=1S/C12H10Cl3N5/c1-19-6-16-11(18-19)5-20-10-3-8(15)7(14)2-9(10)17-12(20)4-13/h2-3,6H,4-5H2,1H3. The molecule has 0 radical (unpaired) electrons. The number of halogens is 3. The summed E-state index contributed by atoms with van der Waals surface area (Å²) in [4.78, 5) is 8.68. The van der Waals surface area contributed by atoms with Crippen LogP contribution in [0.25, 0.3) is 11.0 Å². The number of rotatable bonds is 3. The maximum atomic E-state index is 6.08. The molecule has 1 aromatic carbocycles. The molecule has 104 valence electrons. The number of aryl methyl sites for hydroxylation is 1. The Morgan fingerprint density at radius 1 is 1.20 bits per heavy atom. The second-order valence-corrected chi connectivity index (χ2v) is 5.42. The number of fused-ring (bicyclic) bond motifs is 1. The molecule has 0 N–H and O–H groups in total. The summed E-state index contributed by atoms with van der Waals surface area (Å²) in [6, 6.07) is 3.52. The van der Waals surface area contributed by atoms with Gasteiger partial charge in [0.15, 0.2) is 5.82 Å². The van der Waals surface area contributed by atoms with Gasteiger partial charge in [0.25, 0.3) is 0 Å². The van der Waals surface area contributed by atoms with Gasteiger partial charge in [-0.1, -0.05) is 23.2 Å². The van der Waals surface area contributed by atoms with Crippen molar-refractivity contribution in [2.24, 2.45) is 7.05 Å². The van der Waals surface area contributed by atoms with Crippen LogP contribution in [0.3, 0.4) is 0 Å². The average molecular weight is 331 g/mol. The normalized spacial score (nSPS) is 11.4. The Labute approximate surface area is 130 Å². The van der Waals surface area contributed by atoms with Crippen molar-refractivity contribution in [2.75, 3.05) is 0 Å². The molecule has 0 bridgehead atoms. The minimum Gasteiger partial charge on any atom is -0.319 e. The minimum atomic E-state index is 0.288. The first-order valence-electron chi connectivity index (χ1n) is 5.83. The van der Waals surface area contributed by atoms with E-state index in [1.165, 1.54) is 0 Å². The van der Waals surface area contributed by atoms with Gasteiger partial charge in [-0.15, -0.1) is 11.6 Å². The fraction of sp³-hybridized carbons (Fsp3) is 0.250. The van der Waals surface area contributed by atoms with E-state index < -0.39 is 0 Å². The van der Waals surface area contributed by atoms with Crippen molar-refractivity contribution in [3.63, 3.8) is 0 Å². The van der Waals surface area contributed by atoms with Crippen LogP contribution in [0.4, 0.5) is 0 Å². The zero-order chi connectivity index (χ0) is 14.3. The molecule has 0 atom stereocenters. The van der Waals surface area contributed by atoms with E-state index >= 15 is 0 Å². The van der Waals surface area contributed by atoms with Gasteiger partial charge in [0.1, 0.15) is 12.2 Å². The highest BCUT2D eigenvalue weighted by Crippen LogP contribution is 2.29. The predicted molar refractivity (Wildman–Crippen MR) is 79.4 cm³/mol. The topological polar surface area (TPSA) is 48.5 Å². The zero-order valence-corrected chi connectivity index (χ0v) is 12.8. The summed E-state index contributed by atoms with van der Waals surface area (Å²) in [5, 5.41) is 5.22. The molecule has 0 fully saturated rings. The van der Waals surface area contributed by atoms with Crippen LogP contribution < -0.4 is 0 Å². The van der Waals surface area contributed by atoms with Crippen LogP contribution in [0.1, 0.15) is 11.6 Å². The third-order valence-corrected chi connectivity index (χ3v) is 3.90. The molecule has 0 aliphatic heterocycles. The van der Waals surface area contributed by atoms with E-state index in [0.29, 0.717) is 22.4 Å². The average Bonchev–Trinajstić information content (AvgIpc) is 2.96. The van der Waals surface area contributed by atoms with Crippen molar-refractivity contribution >= 4 is 45.8 Å². The number of benzene rings is 1. The van der Waals surface area contributed by atoms with Gasteiger partial charge in [0.05, 0.1) is 33.5 Å². The molecular weight excluding hydrogens is 321 g/mol. The Morgan fingerprint density at radius 2 is 1.95 bits per heavy atom. The number of hydrogen-bond donors (Lipinski definition) is 0. The largest absolute Gasteiger partial charge is 0.319 e. The highest BCUT2D eigenvalue weighted by atomic mass is 35.5. The lowest BCUT2D eigenvalue weighted by Crippen LogP contribution is -2.06. The lowest BCUT2D eigenvalue weighted by molar-refractivity contribution is 0.697. The molecule has 0 saturated carbocycles. The smallest absolute Gasteiger partial charge is 0.170 e. The van der Waals surface area contributed by atoms with Gasteiger partial charge < -0.3 is 4.57 Å². The Kier molecular flexibility index (Phi) is 3.58. The van der Waals surface area contributed by atoms with Gasteiger partial charge in [0, 0.05) is 7.05 Å². The maximum Gasteiger partial charge on any atom is 0.170 e. The van der Waals surface area contributed by atoms with Crippen molar-refractivity contribution < 1.29 is 0 Å². The lowest BCUT2D eigenvalue weighted by Gasteiger charge is -2.05. The highest BCUT2D eigenvalue weighted by Gasteiger charge is 2.14. The van der Waals surface area contributed by atoms with Gasteiger partial charge in [0.2, 0.25) is 0 Å². The molecular formula is C12H10Cl3N5. The predicted octanol–water partition coefficient (Wildman–Crippen LogP) is 3.26. The molecule has 5 nitrogen and oxygen atoms in total. The van der Waals surface area contributed by atoms with Crippen LogP contribution in [-0.2, 0) is 19.5 Å². The molecule has 0 unspecified atom stereocenters. The van der Waals surface area contributed by atoms with Crippen molar-refractivity contribution in [1.82, 2.24) is 24.3 Å². The zero-order valence-electron chi connectivity index (χ0n) is 10.5. The fourth-order valence-corrected chi connectivity index (χ4v) is 2.57. The summed E-state index contributed by atoms with van der Waals surface area (Å²) in [5.74, 6) is 1.70. The fourth-order valence-electron chi connectivity index (χ4n) is 2.05. The Balaban J connectivity index is 2.14. The summed E-state index contributed by atoms with van der Waals surface area (Å²) in [6.07, 6.45) is 1.65. The molecule has 0 aliphatic carbocycles. The summed E-state index contributed by atoms with van der Waals surface area (Å²) in [5.41, 5.74) is 1.62. The number of imidazole rings is 1. The van der Waals surface area contributed by atoms with Crippen LogP contribution in [0.5, 0.6) is 0 Å². The highest BCUT2D eigenvalue weighted by molar-refractivity contribution is 6.42. The van der Waals surface area contributed by atoms with E-state index in [1.807, 2.05) is 11.6 Å². The number of alkyl halides is 1. The lowest BCUT2D eigenvalue weighted by atomic mass is 10.3. The van der Waals surface area contributed by atoms with E-state index in [2.05, 4.69) is 15.1 Å². The van der Waals surface area contributed by atoms with Crippen molar-refractivity contribution in [3.8, 4) is 0 Å². The van der Waals surface area contributed by atoms with E-state index in [4.69, 9.17) is 34.8 Å². The molecule has 20 heavy (non-hydrogen) atoms. The van der Waals surface area contributed by atoms with Crippen LogP contribution in [0.2, 0.25) is 10.0 Å². The number of hydrogen-bond acceptors (Lipinski definition) is 3. The van der Waals surface area contributed by atoms with Gasteiger partial charge >= 0.3 is 0 Å². The Hall–Kier alpha value is -1.30. The van der Waals surface area contributed by atoms with Crippen molar-refractivity contribution in [1.29, 1.82) is 0 Å². The van der Waals surface area contributed by atoms with Gasteiger partial charge in [-0.05, 0) is 12.1 Å². The van der Waals surface area contributed by atoms with Crippen LogP contribution in [-0.4, -0.2) is 24.3 Å². The summed E-state index contributed by atoms with van der Waals surface area (Å²) >= 11 is 18.1. The first-order chi connectivity index (χ1) is 9.58. The third-order valence-electron chi connectivity index (χ3n) is 2.94. The van der Waals surface area contributed by atoms with Crippen molar-refractivity contribution in [3.05, 3.63) is 40.2 Å². The van der Waals surface area contributed by atoms with E-state index in [9.17, 15) is 0 Å². The molecule has 3 rings (SSSR count). The Bertz CT molecular complexity index is 777. The molecule has 0 saturated heterocycles. The molecule has 0 aliphatic rings. The van der Waals surface area contributed by atoms with Crippen LogP contribution in [0.15, 0.2) is 18.5 Å². The number of nitrogens with zero attached hydrogens (tertiary/aromatic N) is 5. The van der Waals surface area contributed by atoms with E-state index in [1.54, 1.807) is 23.1 Å². The molecule has 8 heteroatoms. The van der Waals surface area contributed by atoms with E-state index in [-0.39, 0.29) is 5.88 Å².